The number of hydrogen-bond acceptors (Lipinski definition) is 15. The Kier molecular flexibility index (Phi) is 21.1. The van der Waals surface area contributed by atoms with Gasteiger partial charge in [0.25, 0.3) is 0 Å². The summed E-state index contributed by atoms with van der Waals surface area (Å²) in [6.07, 6.45) is 8.14. The number of nitrogens with zero attached hydrogens (tertiary/aromatic N) is 6. The van der Waals surface area contributed by atoms with E-state index in [2.05, 4.69) is 66.8 Å². The number of methoxy groups -OCH3 is 1. The van der Waals surface area contributed by atoms with Crippen molar-refractivity contribution in [3.8, 4) is 22.3 Å². The van der Waals surface area contributed by atoms with Crippen LogP contribution >= 0.6 is 30.2 Å². The number of aromatic amines is 2. The minimum Gasteiger partial charge on any atom is -0.373 e. The van der Waals surface area contributed by atoms with Gasteiger partial charge in [0.1, 0.15) is 22.8 Å². The number of urea groups is 2. The van der Waals surface area contributed by atoms with E-state index in [-0.39, 0.29) is 36.5 Å². The molecule has 436 valence electrons. The van der Waals surface area contributed by atoms with Crippen molar-refractivity contribution in [1.82, 2.24) is 50.5 Å². The van der Waals surface area contributed by atoms with Crippen molar-refractivity contribution in [1.29, 1.82) is 0 Å². The maximum absolute atomic E-state index is 16.4. The van der Waals surface area contributed by atoms with E-state index in [0.717, 1.165) is 24.0 Å². The van der Waals surface area contributed by atoms with E-state index in [9.17, 15) is 14.2 Å². The van der Waals surface area contributed by atoms with Crippen LogP contribution < -0.4 is 21.3 Å². The van der Waals surface area contributed by atoms with Gasteiger partial charge >= 0.3 is 19.9 Å². The van der Waals surface area contributed by atoms with Crippen molar-refractivity contribution in [2.75, 3.05) is 44.0 Å². The van der Waals surface area contributed by atoms with Crippen LogP contribution in [0, 0.1) is 11.6 Å². The van der Waals surface area contributed by atoms with Gasteiger partial charge in [-0.3, -0.25) is 24.2 Å². The van der Waals surface area contributed by atoms with Crippen molar-refractivity contribution in [2.24, 2.45) is 0 Å². The van der Waals surface area contributed by atoms with Crippen LogP contribution in [-0.2, 0) is 56.8 Å². The second-order valence-corrected chi connectivity index (χ2v) is 21.7. The Bertz CT molecular complexity index is 3470. The lowest BCUT2D eigenvalue weighted by Gasteiger charge is -2.28. The van der Waals surface area contributed by atoms with Crippen LogP contribution in [0.25, 0.3) is 44.3 Å². The van der Waals surface area contributed by atoms with Crippen LogP contribution in [0.1, 0.15) is 113 Å². The third-order valence-electron chi connectivity index (χ3n) is 13.5. The van der Waals surface area contributed by atoms with E-state index < -0.39 is 54.9 Å². The van der Waals surface area contributed by atoms with Gasteiger partial charge in [-0.2, -0.15) is 22.4 Å². The van der Waals surface area contributed by atoms with Gasteiger partial charge in [-0.05, 0) is 90.5 Å². The van der Waals surface area contributed by atoms with E-state index in [4.69, 9.17) is 27.8 Å². The van der Waals surface area contributed by atoms with Crippen LogP contribution in [-0.4, -0.2) is 91.0 Å². The number of hydrogen-bond donors (Lipinski definition) is 6. The number of benzene rings is 4. The second-order valence-electron chi connectivity index (χ2n) is 20.1. The van der Waals surface area contributed by atoms with Crippen molar-refractivity contribution in [2.45, 2.75) is 104 Å². The van der Waals surface area contributed by atoms with Gasteiger partial charge < -0.3 is 34.8 Å². The summed E-state index contributed by atoms with van der Waals surface area (Å²) in [7, 11) is -2.59. The number of rotatable bonds is 19. The normalized spacial score (nSPS) is 15.3. The van der Waals surface area contributed by atoms with E-state index in [0.29, 0.717) is 94.9 Å². The van der Waals surface area contributed by atoms with Gasteiger partial charge in [-0.25, -0.2) is 52.8 Å². The zero-order valence-electron chi connectivity index (χ0n) is 47.0. The molecule has 2 radical (unpaired) electrons. The predicted octanol–water partition coefficient (Wildman–Crippen LogP) is 12.5. The molecule has 0 spiro atoms. The van der Waals surface area contributed by atoms with Crippen molar-refractivity contribution in [3.05, 3.63) is 143 Å². The second kappa shape index (κ2) is 28.2. The number of phosphoric ester groups is 1. The highest BCUT2D eigenvalue weighted by Crippen LogP contribution is 2.56. The highest BCUT2D eigenvalue weighted by molar-refractivity contribution is 14.1. The Labute approximate surface area is 493 Å². The molecule has 0 aliphatic carbocycles. The number of nitrogens with one attached hydrogen (secondary N) is 6. The molecule has 2 fully saturated rings. The number of amides is 4. The molecule has 2 aliphatic heterocycles. The quantitative estimate of drug-likeness (QED) is 0.0250. The highest BCUT2D eigenvalue weighted by atomic mass is 127. The number of ether oxygens (including phenoxy) is 3. The Morgan fingerprint density at radius 2 is 1.07 bits per heavy atom. The summed E-state index contributed by atoms with van der Waals surface area (Å²) >= 11 is 1.65. The molecule has 2 aliphatic rings. The molecule has 4 aromatic carbocycles. The summed E-state index contributed by atoms with van der Waals surface area (Å²) < 4.78 is 81.0. The maximum Gasteiger partial charge on any atom is 0.476 e. The first kappa shape index (κ1) is 62.2. The molecule has 4 amide bonds. The Hall–Kier alpha value is -6.84. The fourth-order valence-electron chi connectivity index (χ4n) is 9.18. The number of fused-ring (bicyclic) bond motifs is 2. The average molecular weight is 1270 g/mol. The summed E-state index contributed by atoms with van der Waals surface area (Å²) in [5.41, 5.74) is 8.07. The summed E-state index contributed by atoms with van der Waals surface area (Å²) in [6.45, 7) is 12.6. The molecule has 6 heterocycles. The number of halogens is 3. The molecule has 2 saturated heterocycles. The molecule has 8 aromatic rings. The minimum absolute atomic E-state index is 0.00824. The number of carbonyl (C=O) groups excluding carboxylic acids is 2. The van der Waals surface area contributed by atoms with Crippen LogP contribution in [0.5, 0.6) is 0 Å². The number of carbonyl (C=O) groups is 2. The molecule has 6 N–H and O–H groups in total. The number of phosphoric acid groups is 1. The molecule has 0 bridgehead atoms. The van der Waals surface area contributed by atoms with Crippen LogP contribution in [0.3, 0.4) is 0 Å². The number of H-pyrrole nitrogens is 2. The monoisotopic (exact) mass is 1270 g/mol. The summed E-state index contributed by atoms with van der Waals surface area (Å²) in [5, 5.41) is 10.6. The van der Waals surface area contributed by atoms with Crippen molar-refractivity contribution in [3.63, 3.8) is 0 Å². The molecule has 2 atom stereocenters. The summed E-state index contributed by atoms with van der Waals surface area (Å²) in [4.78, 5) is 56.9. The lowest BCUT2D eigenvalue weighted by atomic mass is 9.98. The first-order chi connectivity index (χ1) is 40.0. The third kappa shape index (κ3) is 15.3. The van der Waals surface area contributed by atoms with Crippen molar-refractivity contribution >= 4 is 81.9 Å². The number of aromatic nitrogens is 8. The zero-order chi connectivity index (χ0) is 59.3. The van der Waals surface area contributed by atoms with E-state index in [1.807, 2.05) is 81.4 Å². The number of imidazole rings is 2. The Morgan fingerprint density at radius 3 is 1.43 bits per heavy atom. The van der Waals surface area contributed by atoms with E-state index in [1.165, 1.54) is 12.4 Å². The SMILES string of the molecule is CCNC(=O)Nc1nc2c([C@H]3CCCO3)c(F)c(-c3cnc(C(C)(C)OC)nc3)cc2[nH]1.CCNC(=O)Nc1nc2c([C@H]3CCCO3)c(F)c(-c3cnc(C(C)(C)OP(=O)(OCc4ccccc4)OCc4ccccc4)nc3)cc2[nH]1.[B]I. The van der Waals surface area contributed by atoms with Gasteiger partial charge in [0.2, 0.25) is 11.9 Å². The van der Waals surface area contributed by atoms with Gasteiger partial charge in [-0.1, -0.05) is 60.7 Å². The maximum atomic E-state index is 16.4. The summed E-state index contributed by atoms with van der Waals surface area (Å²) in [6, 6.07) is 21.0. The molecular formula is C57H65BF2IN12O9P. The molecule has 83 heavy (non-hydrogen) atoms. The van der Waals surface area contributed by atoms with Crippen LogP contribution in [0.15, 0.2) is 97.6 Å². The zero-order valence-corrected chi connectivity index (χ0v) is 50.0. The van der Waals surface area contributed by atoms with Crippen LogP contribution in [0.4, 0.5) is 30.3 Å². The Morgan fingerprint density at radius 1 is 0.675 bits per heavy atom. The molecule has 26 heteroatoms. The van der Waals surface area contributed by atoms with Gasteiger partial charge in [0.15, 0.2) is 17.4 Å². The smallest absolute Gasteiger partial charge is 0.373 e. The van der Waals surface area contributed by atoms with E-state index >= 15 is 8.78 Å². The van der Waals surface area contributed by atoms with Gasteiger partial charge in [0, 0.05) is 91.6 Å². The molecule has 0 saturated carbocycles. The molecule has 21 nitrogen and oxygen atoms in total. The minimum atomic E-state index is -4.17. The molecular weight excluding hydrogens is 1200 g/mol. The van der Waals surface area contributed by atoms with Gasteiger partial charge in [-0.15, -0.1) is 0 Å². The van der Waals surface area contributed by atoms with Crippen LogP contribution in [0.2, 0.25) is 0 Å². The molecule has 4 aromatic heterocycles. The first-order valence-corrected chi connectivity index (χ1v) is 29.6. The third-order valence-corrected chi connectivity index (χ3v) is 15.0. The number of anilines is 2. The molecule has 0 unspecified atom stereocenters. The standard InChI is InChI=1S/C35H38FN6O6P.C22H27FN6O3.BI/c1-4-37-34(43)42-33-40-27-18-26(30(36)29(31(27)41-33)28-16-11-17-45-28)25-19-38-32(39-20-25)35(2,3)48-49(44,46-21-23-12-7-5-8-13-23)47-22-24-14-9-6-10-15-24;1-5-24-21(30)29-20-27-14-9-13(12-10-25-19(26-11-12)22(2,3)31-4)17(23)16(18(14)28-20)15-7-6-8-32-15;1-2/h5-10,12-15,18-20,28H,4,11,16-17,21-22H2,1-3H3,(H3,37,40,41,42,43);9-11,15H,5-8H2,1-4H3,(H3,24,27,28,29,30);/t28-;15-;/m11./s1. The first-order valence-electron chi connectivity index (χ1n) is 26.9. The van der Waals surface area contributed by atoms with Crippen molar-refractivity contribution < 1.29 is 50.7 Å². The Balaban J connectivity index is 0.000000229. The fraction of sp³-hybridized carbons (Fsp3) is 0.368. The fourth-order valence-corrected chi connectivity index (χ4v) is 10.6. The lowest BCUT2D eigenvalue weighted by molar-refractivity contribution is 0.0114. The lowest BCUT2D eigenvalue weighted by Crippen LogP contribution is -2.28. The topological polar surface area (TPSA) is 264 Å². The van der Waals surface area contributed by atoms with E-state index in [1.54, 1.807) is 74.8 Å². The summed E-state index contributed by atoms with van der Waals surface area (Å²) in [5.74, 6) is 0.141. The predicted molar refractivity (Wildman–Crippen MR) is 319 cm³/mol. The average Bonchev–Trinajstić information content (AvgIpc) is 3.29. The largest absolute Gasteiger partial charge is 0.476 e. The molecule has 10 rings (SSSR count). The highest BCUT2D eigenvalue weighted by Gasteiger charge is 2.39. The van der Waals surface area contributed by atoms with Gasteiger partial charge in [0.05, 0.1) is 47.5 Å².